The summed E-state index contributed by atoms with van der Waals surface area (Å²) in [6, 6.07) is 6.41. The molecule has 6 nitrogen and oxygen atoms in total. The van der Waals surface area contributed by atoms with Gasteiger partial charge < -0.3 is 4.74 Å². The number of non-ortho nitro benzene ring substituents is 1. The first-order valence-corrected chi connectivity index (χ1v) is 5.37. The Balaban J connectivity index is 2.04. The van der Waals surface area contributed by atoms with Crippen molar-refractivity contribution in [1.82, 2.24) is 5.01 Å². The van der Waals surface area contributed by atoms with Gasteiger partial charge in [-0.2, -0.15) is 5.10 Å². The lowest BCUT2D eigenvalue weighted by atomic mass is 10.2. The molecular formula is C11H13N3O3. The number of nitrogens with zero attached hydrogens (tertiary/aromatic N) is 3. The van der Waals surface area contributed by atoms with Gasteiger partial charge in [-0.1, -0.05) is 12.1 Å². The molecule has 2 rings (SSSR count). The molecule has 0 radical (unpaired) electrons. The second-order valence-corrected chi connectivity index (χ2v) is 3.66. The second-order valence-electron chi connectivity index (χ2n) is 3.66. The summed E-state index contributed by atoms with van der Waals surface area (Å²) in [5.74, 6) is 0. The Morgan fingerprint density at radius 2 is 2.18 bits per heavy atom. The number of hydrogen-bond acceptors (Lipinski definition) is 5. The predicted molar refractivity (Wildman–Crippen MR) is 63.1 cm³/mol. The van der Waals surface area contributed by atoms with Gasteiger partial charge in [-0.05, 0) is 0 Å². The topological polar surface area (TPSA) is 68.0 Å². The molecule has 1 aliphatic rings. The minimum atomic E-state index is -0.411. The summed E-state index contributed by atoms with van der Waals surface area (Å²) in [7, 11) is 0. The van der Waals surface area contributed by atoms with Crippen molar-refractivity contribution in [3.8, 4) is 0 Å². The van der Waals surface area contributed by atoms with Crippen molar-refractivity contribution >= 4 is 11.9 Å². The minimum Gasteiger partial charge on any atom is -0.378 e. The third-order valence-electron chi connectivity index (χ3n) is 2.44. The van der Waals surface area contributed by atoms with Crippen LogP contribution in [0.15, 0.2) is 29.4 Å². The SMILES string of the molecule is O=[N+]([O-])c1cccc(/C=N/N2CCOCC2)c1. The van der Waals surface area contributed by atoms with Gasteiger partial charge in [-0.15, -0.1) is 0 Å². The average Bonchev–Trinajstić information content (AvgIpc) is 2.38. The van der Waals surface area contributed by atoms with Gasteiger partial charge >= 0.3 is 0 Å². The van der Waals surface area contributed by atoms with E-state index in [0.29, 0.717) is 13.2 Å². The highest BCUT2D eigenvalue weighted by Gasteiger charge is 2.07. The van der Waals surface area contributed by atoms with Crippen LogP contribution in [0.25, 0.3) is 0 Å². The van der Waals surface area contributed by atoms with E-state index in [0.717, 1.165) is 18.7 Å². The lowest BCUT2D eigenvalue weighted by molar-refractivity contribution is -0.384. The van der Waals surface area contributed by atoms with Gasteiger partial charge in [-0.25, -0.2) is 0 Å². The fourth-order valence-corrected chi connectivity index (χ4v) is 1.54. The number of ether oxygens (including phenoxy) is 1. The van der Waals surface area contributed by atoms with Crippen molar-refractivity contribution < 1.29 is 9.66 Å². The zero-order valence-corrected chi connectivity index (χ0v) is 9.28. The Kier molecular flexibility index (Phi) is 3.66. The smallest absolute Gasteiger partial charge is 0.270 e. The van der Waals surface area contributed by atoms with E-state index in [9.17, 15) is 10.1 Å². The number of benzene rings is 1. The van der Waals surface area contributed by atoms with Crippen molar-refractivity contribution in [3.63, 3.8) is 0 Å². The molecule has 0 atom stereocenters. The first kappa shape index (κ1) is 11.5. The van der Waals surface area contributed by atoms with Gasteiger partial charge in [0.2, 0.25) is 0 Å². The first-order valence-electron chi connectivity index (χ1n) is 5.37. The first-order chi connectivity index (χ1) is 8.25. The van der Waals surface area contributed by atoms with E-state index >= 15 is 0 Å². The summed E-state index contributed by atoms with van der Waals surface area (Å²) in [5, 5.41) is 16.7. The molecule has 0 N–H and O–H groups in total. The monoisotopic (exact) mass is 235 g/mol. The third-order valence-corrected chi connectivity index (χ3v) is 2.44. The fourth-order valence-electron chi connectivity index (χ4n) is 1.54. The molecule has 1 saturated heterocycles. The predicted octanol–water partition coefficient (Wildman–Crippen LogP) is 1.26. The Bertz CT molecular complexity index is 428. The maximum absolute atomic E-state index is 10.6. The molecule has 0 aromatic heterocycles. The summed E-state index contributed by atoms with van der Waals surface area (Å²) in [6.45, 7) is 2.86. The van der Waals surface area contributed by atoms with Crippen LogP contribution in [-0.2, 0) is 4.74 Å². The van der Waals surface area contributed by atoms with Gasteiger partial charge in [0, 0.05) is 17.7 Å². The molecule has 0 aliphatic carbocycles. The van der Waals surface area contributed by atoms with Gasteiger partial charge in [-0.3, -0.25) is 15.1 Å². The Morgan fingerprint density at radius 3 is 2.88 bits per heavy atom. The van der Waals surface area contributed by atoms with E-state index in [1.165, 1.54) is 12.1 Å². The van der Waals surface area contributed by atoms with Crippen LogP contribution in [0, 0.1) is 10.1 Å². The standard InChI is InChI=1S/C11H13N3O3/c15-14(16)11-3-1-2-10(8-11)9-12-13-4-6-17-7-5-13/h1-3,8-9H,4-7H2/b12-9+. The largest absolute Gasteiger partial charge is 0.378 e. The van der Waals surface area contributed by atoms with Crippen molar-refractivity contribution in [1.29, 1.82) is 0 Å². The molecule has 0 unspecified atom stereocenters. The van der Waals surface area contributed by atoms with Gasteiger partial charge in [0.15, 0.2) is 0 Å². The minimum absolute atomic E-state index is 0.0796. The van der Waals surface area contributed by atoms with E-state index in [2.05, 4.69) is 5.10 Å². The molecular weight excluding hydrogens is 222 g/mol. The number of nitro groups is 1. The summed E-state index contributed by atoms with van der Waals surface area (Å²) >= 11 is 0. The third kappa shape index (κ3) is 3.25. The van der Waals surface area contributed by atoms with E-state index in [1.807, 2.05) is 5.01 Å². The molecule has 0 bridgehead atoms. The molecule has 17 heavy (non-hydrogen) atoms. The highest BCUT2D eigenvalue weighted by Crippen LogP contribution is 2.11. The maximum atomic E-state index is 10.6. The molecule has 1 aromatic rings. The normalized spacial score (nSPS) is 16.4. The Morgan fingerprint density at radius 1 is 1.41 bits per heavy atom. The molecule has 1 aliphatic heterocycles. The van der Waals surface area contributed by atoms with E-state index in [4.69, 9.17) is 4.74 Å². The fraction of sp³-hybridized carbons (Fsp3) is 0.364. The number of nitro benzene ring substituents is 1. The zero-order valence-electron chi connectivity index (χ0n) is 9.28. The zero-order chi connectivity index (χ0) is 12.1. The van der Waals surface area contributed by atoms with Crippen LogP contribution in [0.3, 0.4) is 0 Å². The Labute approximate surface area is 98.6 Å². The van der Waals surface area contributed by atoms with E-state index < -0.39 is 4.92 Å². The van der Waals surface area contributed by atoms with Crippen LogP contribution in [0.1, 0.15) is 5.56 Å². The van der Waals surface area contributed by atoms with Gasteiger partial charge in [0.1, 0.15) is 0 Å². The molecule has 0 amide bonds. The van der Waals surface area contributed by atoms with E-state index in [-0.39, 0.29) is 5.69 Å². The summed E-state index contributed by atoms with van der Waals surface area (Å²) in [4.78, 5) is 10.2. The molecule has 1 aromatic carbocycles. The molecule has 90 valence electrons. The van der Waals surface area contributed by atoms with Crippen LogP contribution in [0.5, 0.6) is 0 Å². The van der Waals surface area contributed by atoms with Crippen LogP contribution in [-0.4, -0.2) is 42.5 Å². The number of hydrogen-bond donors (Lipinski definition) is 0. The average molecular weight is 235 g/mol. The van der Waals surface area contributed by atoms with Crippen LogP contribution < -0.4 is 0 Å². The number of rotatable bonds is 3. The van der Waals surface area contributed by atoms with Crippen LogP contribution in [0.4, 0.5) is 5.69 Å². The second kappa shape index (κ2) is 5.40. The molecule has 1 fully saturated rings. The van der Waals surface area contributed by atoms with Crippen molar-refractivity contribution in [2.45, 2.75) is 0 Å². The highest BCUT2D eigenvalue weighted by atomic mass is 16.6. The lowest BCUT2D eigenvalue weighted by Gasteiger charge is -2.23. The van der Waals surface area contributed by atoms with Crippen LogP contribution >= 0.6 is 0 Å². The number of morpholine rings is 1. The summed E-state index contributed by atoms with van der Waals surface area (Å²) in [5.41, 5.74) is 0.807. The maximum Gasteiger partial charge on any atom is 0.270 e. The number of hydrazone groups is 1. The van der Waals surface area contributed by atoms with E-state index in [1.54, 1.807) is 18.3 Å². The highest BCUT2D eigenvalue weighted by molar-refractivity contribution is 5.80. The van der Waals surface area contributed by atoms with Gasteiger partial charge in [0.25, 0.3) is 5.69 Å². The summed E-state index contributed by atoms with van der Waals surface area (Å²) in [6.07, 6.45) is 1.64. The molecule has 6 heteroatoms. The van der Waals surface area contributed by atoms with Crippen molar-refractivity contribution in [2.24, 2.45) is 5.10 Å². The van der Waals surface area contributed by atoms with Crippen molar-refractivity contribution in [3.05, 3.63) is 39.9 Å². The molecule has 1 heterocycles. The molecule has 0 saturated carbocycles. The van der Waals surface area contributed by atoms with Gasteiger partial charge in [0.05, 0.1) is 37.4 Å². The molecule has 0 spiro atoms. The van der Waals surface area contributed by atoms with Crippen LogP contribution in [0.2, 0.25) is 0 Å². The Hall–Kier alpha value is -1.95. The van der Waals surface area contributed by atoms with Crippen molar-refractivity contribution in [2.75, 3.05) is 26.3 Å². The lowest BCUT2D eigenvalue weighted by Crippen LogP contribution is -2.32. The quantitative estimate of drug-likeness (QED) is 0.449. The summed E-state index contributed by atoms with van der Waals surface area (Å²) < 4.78 is 5.20.